The molecule has 144 valence electrons. The summed E-state index contributed by atoms with van der Waals surface area (Å²) < 4.78 is 24.5. The lowest BCUT2D eigenvalue weighted by atomic mass is 10.1. The zero-order chi connectivity index (χ0) is 19.9. The Kier molecular flexibility index (Phi) is 7.72. The number of sulfonamides is 1. The van der Waals surface area contributed by atoms with E-state index in [0.717, 1.165) is 18.7 Å². The van der Waals surface area contributed by atoms with Crippen LogP contribution in [0.3, 0.4) is 0 Å². The van der Waals surface area contributed by atoms with Crippen molar-refractivity contribution in [3.63, 3.8) is 0 Å². The molecule has 5 N–H and O–H groups in total. The maximum atomic E-state index is 12.2. The number of nitrogens with zero attached hydrogens (tertiary/aromatic N) is 1. The third-order valence-corrected chi connectivity index (χ3v) is 4.95. The first-order valence-electron chi connectivity index (χ1n) is 7.89. The van der Waals surface area contributed by atoms with Gasteiger partial charge in [-0.05, 0) is 18.4 Å². The number of benzene rings is 1. The van der Waals surface area contributed by atoms with E-state index >= 15 is 0 Å². The minimum Gasteiger partial charge on any atom is -0.481 e. The number of rotatable bonds is 5. The van der Waals surface area contributed by atoms with Crippen molar-refractivity contribution in [2.45, 2.75) is 32.4 Å². The molecule has 1 fully saturated rings. The van der Waals surface area contributed by atoms with E-state index in [0.29, 0.717) is 31.5 Å². The zero-order valence-corrected chi connectivity index (χ0v) is 15.5. The van der Waals surface area contributed by atoms with Crippen LogP contribution in [0.1, 0.15) is 30.9 Å². The Bertz CT molecular complexity index is 757. The van der Waals surface area contributed by atoms with E-state index in [4.69, 9.17) is 21.0 Å². The van der Waals surface area contributed by atoms with Gasteiger partial charge in [0.25, 0.3) is 5.97 Å². The summed E-state index contributed by atoms with van der Waals surface area (Å²) in [5.74, 6) is -1.12. The zero-order valence-electron chi connectivity index (χ0n) is 14.7. The first-order chi connectivity index (χ1) is 12.0. The van der Waals surface area contributed by atoms with Crippen molar-refractivity contribution in [1.29, 1.82) is 5.41 Å². The summed E-state index contributed by atoms with van der Waals surface area (Å²) in [6.45, 7) is 1.79. The van der Waals surface area contributed by atoms with Crippen LogP contribution in [0.4, 0.5) is 0 Å². The highest BCUT2D eigenvalue weighted by Crippen LogP contribution is 2.20. The second-order valence-corrected chi connectivity index (χ2v) is 7.81. The first-order valence-corrected chi connectivity index (χ1v) is 9.74. The average Bonchev–Trinajstić information content (AvgIpc) is 3.02. The number of hydrogen-bond acceptors (Lipinski definition) is 5. The van der Waals surface area contributed by atoms with E-state index in [2.05, 4.69) is 5.32 Å². The summed E-state index contributed by atoms with van der Waals surface area (Å²) in [5.41, 5.74) is 6.86. The van der Waals surface area contributed by atoms with Crippen molar-refractivity contribution >= 4 is 27.7 Å². The predicted octanol–water partition coefficient (Wildman–Crippen LogP) is 0.102. The molecule has 0 radical (unpaired) electrons. The molecule has 1 atom stereocenters. The SMILES string of the molecule is CC(=O)O.CS(=O)(=O)N1CCC[C@H]1C(=O)NCc1ccc(C(=N)N)cc1. The van der Waals surface area contributed by atoms with Gasteiger partial charge in [-0.1, -0.05) is 24.3 Å². The number of nitrogens with two attached hydrogens (primary N) is 1. The fraction of sp³-hybridized carbons (Fsp3) is 0.438. The number of nitrogen functional groups attached to an aromatic ring is 1. The molecule has 1 aromatic rings. The number of hydrogen-bond donors (Lipinski definition) is 4. The lowest BCUT2D eigenvalue weighted by molar-refractivity contribution is -0.134. The number of carboxylic acid groups (broad SMARTS) is 1. The highest BCUT2D eigenvalue weighted by molar-refractivity contribution is 7.88. The Morgan fingerprint density at radius 1 is 1.35 bits per heavy atom. The smallest absolute Gasteiger partial charge is 0.300 e. The number of amidine groups is 1. The van der Waals surface area contributed by atoms with Gasteiger partial charge < -0.3 is 16.2 Å². The maximum Gasteiger partial charge on any atom is 0.300 e. The van der Waals surface area contributed by atoms with Gasteiger partial charge in [-0.25, -0.2) is 8.42 Å². The van der Waals surface area contributed by atoms with Crippen LogP contribution in [0.25, 0.3) is 0 Å². The van der Waals surface area contributed by atoms with Crippen molar-refractivity contribution in [2.75, 3.05) is 12.8 Å². The van der Waals surface area contributed by atoms with E-state index in [1.54, 1.807) is 24.3 Å². The summed E-state index contributed by atoms with van der Waals surface area (Å²) in [6, 6.07) is 6.36. The van der Waals surface area contributed by atoms with E-state index in [1.807, 2.05) is 0 Å². The van der Waals surface area contributed by atoms with Gasteiger partial charge in [0.05, 0.1) is 6.26 Å². The topological polar surface area (TPSA) is 154 Å². The number of carboxylic acids is 1. The van der Waals surface area contributed by atoms with Gasteiger partial charge in [0, 0.05) is 25.6 Å². The van der Waals surface area contributed by atoms with Crippen LogP contribution >= 0.6 is 0 Å². The molecule has 1 saturated heterocycles. The fourth-order valence-corrected chi connectivity index (χ4v) is 3.63. The number of carbonyl (C=O) groups is 2. The molecule has 0 saturated carbocycles. The van der Waals surface area contributed by atoms with Gasteiger partial charge in [0.15, 0.2) is 0 Å². The average molecular weight is 384 g/mol. The van der Waals surface area contributed by atoms with E-state index < -0.39 is 22.0 Å². The van der Waals surface area contributed by atoms with E-state index in [9.17, 15) is 13.2 Å². The molecule has 26 heavy (non-hydrogen) atoms. The Hall–Kier alpha value is -2.46. The molecule has 2 rings (SSSR count). The third-order valence-electron chi connectivity index (χ3n) is 3.66. The summed E-state index contributed by atoms with van der Waals surface area (Å²) in [7, 11) is -3.36. The molecule has 1 aliphatic heterocycles. The molecule has 9 nitrogen and oxygen atoms in total. The summed E-state index contributed by atoms with van der Waals surface area (Å²) in [6.07, 6.45) is 2.36. The van der Waals surface area contributed by atoms with Crippen LogP contribution in [0.5, 0.6) is 0 Å². The van der Waals surface area contributed by atoms with Gasteiger partial charge in [0.1, 0.15) is 11.9 Å². The molecular formula is C16H24N4O5S. The largest absolute Gasteiger partial charge is 0.481 e. The van der Waals surface area contributed by atoms with Crippen molar-refractivity contribution in [2.24, 2.45) is 5.73 Å². The van der Waals surface area contributed by atoms with Crippen LogP contribution in [-0.2, 0) is 26.2 Å². The standard InChI is InChI=1S/C14H20N4O3S.C2H4O2/c1-22(20,21)18-8-2-3-12(18)14(19)17-9-10-4-6-11(7-5-10)13(15)16;1-2(3)4/h4-7,12H,2-3,8-9H2,1H3,(H3,15,16)(H,17,19);1H3,(H,3,4)/t12-;/m0./s1. The molecule has 0 unspecified atom stereocenters. The van der Waals surface area contributed by atoms with E-state index in [1.165, 1.54) is 4.31 Å². The normalized spacial score (nSPS) is 17.1. The molecule has 0 aliphatic carbocycles. The molecule has 1 aromatic carbocycles. The lowest BCUT2D eigenvalue weighted by Gasteiger charge is -2.21. The van der Waals surface area contributed by atoms with Crippen molar-refractivity contribution in [3.8, 4) is 0 Å². The van der Waals surface area contributed by atoms with Gasteiger partial charge in [-0.15, -0.1) is 0 Å². The van der Waals surface area contributed by atoms with E-state index in [-0.39, 0.29) is 11.7 Å². The van der Waals surface area contributed by atoms with Crippen molar-refractivity contribution < 1.29 is 23.1 Å². The number of carbonyl (C=O) groups excluding carboxylic acids is 1. The third kappa shape index (κ3) is 6.81. The molecule has 1 heterocycles. The van der Waals surface area contributed by atoms with Crippen LogP contribution in [0.2, 0.25) is 0 Å². The molecule has 0 bridgehead atoms. The summed E-state index contributed by atoms with van der Waals surface area (Å²) in [4.78, 5) is 21.2. The molecule has 10 heteroatoms. The monoisotopic (exact) mass is 384 g/mol. The van der Waals surface area contributed by atoms with Gasteiger partial charge >= 0.3 is 0 Å². The molecule has 1 amide bonds. The first kappa shape index (κ1) is 21.6. The number of amides is 1. The second-order valence-electron chi connectivity index (χ2n) is 5.88. The Morgan fingerprint density at radius 3 is 2.35 bits per heavy atom. The van der Waals surface area contributed by atoms with Crippen LogP contribution < -0.4 is 11.1 Å². The Balaban J connectivity index is 0.000000765. The quantitative estimate of drug-likeness (QED) is 0.417. The van der Waals surface area contributed by atoms with Crippen LogP contribution in [-0.4, -0.2) is 54.4 Å². The Labute approximate surface area is 152 Å². The lowest BCUT2D eigenvalue weighted by Crippen LogP contribution is -2.45. The highest BCUT2D eigenvalue weighted by atomic mass is 32.2. The van der Waals surface area contributed by atoms with Gasteiger partial charge in [-0.3, -0.25) is 15.0 Å². The second kappa shape index (κ2) is 9.30. The molecule has 0 spiro atoms. The van der Waals surface area contributed by atoms with Crippen molar-refractivity contribution in [3.05, 3.63) is 35.4 Å². The minimum absolute atomic E-state index is 0.00895. The predicted molar refractivity (Wildman–Crippen MR) is 97.2 cm³/mol. The fourth-order valence-electron chi connectivity index (χ4n) is 2.51. The molecular weight excluding hydrogens is 360 g/mol. The molecule has 0 aromatic heterocycles. The van der Waals surface area contributed by atoms with Crippen LogP contribution in [0.15, 0.2) is 24.3 Å². The molecule has 1 aliphatic rings. The highest BCUT2D eigenvalue weighted by Gasteiger charge is 2.36. The van der Waals surface area contributed by atoms with Crippen molar-refractivity contribution in [1.82, 2.24) is 9.62 Å². The van der Waals surface area contributed by atoms with Gasteiger partial charge in [0.2, 0.25) is 15.9 Å². The van der Waals surface area contributed by atoms with Crippen LogP contribution in [0, 0.1) is 5.41 Å². The number of aliphatic carboxylic acids is 1. The maximum absolute atomic E-state index is 12.2. The number of nitrogens with one attached hydrogen (secondary N) is 2. The summed E-state index contributed by atoms with van der Waals surface area (Å²) in [5, 5.41) is 17.5. The Morgan fingerprint density at radius 2 is 1.88 bits per heavy atom. The summed E-state index contributed by atoms with van der Waals surface area (Å²) >= 11 is 0. The van der Waals surface area contributed by atoms with Gasteiger partial charge in [-0.2, -0.15) is 4.31 Å². The minimum atomic E-state index is -3.36.